The Labute approximate surface area is 254 Å². The van der Waals surface area contributed by atoms with Crippen LogP contribution < -0.4 is 0 Å². The molecule has 0 spiro atoms. The van der Waals surface area contributed by atoms with E-state index < -0.39 is 0 Å². The zero-order valence-electron chi connectivity index (χ0n) is 24.4. The Kier molecular flexibility index (Phi) is 5.21. The van der Waals surface area contributed by atoms with Gasteiger partial charge in [0.2, 0.25) is 0 Å². The van der Waals surface area contributed by atoms with E-state index in [1.807, 2.05) is 36.4 Å². The highest BCUT2D eigenvalue weighted by Crippen LogP contribution is 2.49. The quantitative estimate of drug-likeness (QED) is 0.214. The summed E-state index contributed by atoms with van der Waals surface area (Å²) in [5, 5.41) is 4.46. The van der Waals surface area contributed by atoms with Crippen LogP contribution in [-0.2, 0) is 5.41 Å². The van der Waals surface area contributed by atoms with Gasteiger partial charge in [-0.05, 0) is 57.3 Å². The van der Waals surface area contributed by atoms with Gasteiger partial charge in [-0.1, -0.05) is 117 Å². The molecule has 0 N–H and O–H groups in total. The second-order valence-corrected chi connectivity index (χ2v) is 12.1. The van der Waals surface area contributed by atoms with E-state index in [4.69, 9.17) is 19.4 Å². The number of nitrogens with zero attached hydrogens (tertiary/aromatic N) is 3. The molecule has 44 heavy (non-hydrogen) atoms. The van der Waals surface area contributed by atoms with Gasteiger partial charge in [0.25, 0.3) is 0 Å². The Hall–Kier alpha value is -5.61. The van der Waals surface area contributed by atoms with E-state index in [0.29, 0.717) is 17.5 Å². The lowest BCUT2D eigenvalue weighted by molar-refractivity contribution is 0.660. The van der Waals surface area contributed by atoms with Crippen molar-refractivity contribution in [3.05, 3.63) is 139 Å². The molecule has 8 aromatic rings. The van der Waals surface area contributed by atoms with E-state index in [1.165, 1.54) is 27.6 Å². The summed E-state index contributed by atoms with van der Waals surface area (Å²) < 4.78 is 6.56. The number of hydrogen-bond donors (Lipinski definition) is 0. The molecule has 1 aliphatic carbocycles. The van der Waals surface area contributed by atoms with Crippen molar-refractivity contribution < 1.29 is 4.42 Å². The molecule has 0 saturated heterocycles. The number of fused-ring (bicyclic) bond motifs is 7. The Morgan fingerprint density at radius 3 is 1.98 bits per heavy atom. The minimum Gasteiger partial charge on any atom is -0.455 e. The zero-order valence-corrected chi connectivity index (χ0v) is 24.4. The molecule has 0 bridgehead atoms. The molecule has 0 radical (unpaired) electrons. The standard InChI is InChI=1S/C40H27N3O/c1-40(2)33-18-9-8-15-28(33)29-20-19-27(22-34(29)40)38-41-37(24-11-4-3-5-12-24)42-39(43-38)31-17-10-16-30-32-21-25-13-6-7-14-26(25)23-35(32)44-36(30)31/h3-23H,1-2H3. The number of furan rings is 1. The lowest BCUT2D eigenvalue weighted by Crippen LogP contribution is -2.15. The molecule has 1 aliphatic rings. The predicted octanol–water partition coefficient (Wildman–Crippen LogP) is 10.2. The first-order valence-electron chi connectivity index (χ1n) is 15.0. The van der Waals surface area contributed by atoms with Crippen LogP contribution in [0.25, 0.3) is 78.0 Å². The van der Waals surface area contributed by atoms with Crippen molar-refractivity contribution in [2.75, 3.05) is 0 Å². The third-order valence-electron chi connectivity index (χ3n) is 9.12. The maximum Gasteiger partial charge on any atom is 0.167 e. The first-order valence-corrected chi connectivity index (χ1v) is 15.0. The Balaban J connectivity index is 1.27. The van der Waals surface area contributed by atoms with Crippen LogP contribution in [0, 0.1) is 0 Å². The van der Waals surface area contributed by atoms with Crippen molar-refractivity contribution in [3.63, 3.8) is 0 Å². The molecular formula is C40H27N3O. The van der Waals surface area contributed by atoms with Gasteiger partial charge in [-0.25, -0.2) is 15.0 Å². The highest BCUT2D eigenvalue weighted by molar-refractivity contribution is 6.12. The molecule has 0 unspecified atom stereocenters. The van der Waals surface area contributed by atoms with Crippen molar-refractivity contribution in [1.82, 2.24) is 15.0 Å². The first kappa shape index (κ1) is 24.9. The fourth-order valence-corrected chi connectivity index (χ4v) is 6.84. The molecule has 2 heterocycles. The first-order chi connectivity index (χ1) is 21.5. The number of benzene rings is 6. The Morgan fingerprint density at radius 2 is 1.14 bits per heavy atom. The average Bonchev–Trinajstić information content (AvgIpc) is 3.55. The Morgan fingerprint density at radius 1 is 0.477 bits per heavy atom. The topological polar surface area (TPSA) is 51.8 Å². The maximum atomic E-state index is 6.56. The highest BCUT2D eigenvalue weighted by atomic mass is 16.3. The predicted molar refractivity (Wildman–Crippen MR) is 178 cm³/mol. The second kappa shape index (κ2) is 9.19. The van der Waals surface area contributed by atoms with Crippen LogP contribution in [0.2, 0.25) is 0 Å². The number of aromatic nitrogens is 3. The largest absolute Gasteiger partial charge is 0.455 e. The summed E-state index contributed by atoms with van der Waals surface area (Å²) in [6, 6.07) is 44.3. The molecule has 9 rings (SSSR count). The molecule has 0 saturated carbocycles. The fraction of sp³-hybridized carbons (Fsp3) is 0.0750. The minimum absolute atomic E-state index is 0.122. The second-order valence-electron chi connectivity index (χ2n) is 12.1. The fourth-order valence-electron chi connectivity index (χ4n) is 6.84. The van der Waals surface area contributed by atoms with Gasteiger partial charge < -0.3 is 4.42 Å². The van der Waals surface area contributed by atoms with Gasteiger partial charge in [0.1, 0.15) is 11.2 Å². The van der Waals surface area contributed by atoms with E-state index in [1.54, 1.807) is 0 Å². The summed E-state index contributed by atoms with van der Waals surface area (Å²) in [6.45, 7) is 4.59. The van der Waals surface area contributed by atoms with E-state index in [-0.39, 0.29) is 5.41 Å². The van der Waals surface area contributed by atoms with E-state index in [2.05, 4.69) is 105 Å². The third kappa shape index (κ3) is 3.67. The van der Waals surface area contributed by atoms with Crippen molar-refractivity contribution in [2.24, 2.45) is 0 Å². The molecular weight excluding hydrogens is 538 g/mol. The van der Waals surface area contributed by atoms with Gasteiger partial charge >= 0.3 is 0 Å². The van der Waals surface area contributed by atoms with Gasteiger partial charge in [0.05, 0.1) is 5.56 Å². The van der Waals surface area contributed by atoms with Crippen LogP contribution in [0.4, 0.5) is 0 Å². The summed E-state index contributed by atoms with van der Waals surface area (Å²) in [7, 11) is 0. The molecule has 4 heteroatoms. The molecule has 6 aromatic carbocycles. The average molecular weight is 566 g/mol. The molecule has 0 aliphatic heterocycles. The van der Waals surface area contributed by atoms with Gasteiger partial charge in [0.15, 0.2) is 17.5 Å². The van der Waals surface area contributed by atoms with Crippen molar-refractivity contribution in [1.29, 1.82) is 0 Å². The SMILES string of the molecule is CC1(C)c2ccccc2-c2ccc(-c3nc(-c4ccccc4)nc(-c4cccc5c4oc4cc6ccccc6cc45)n3)cc21. The number of rotatable bonds is 3. The number of hydrogen-bond acceptors (Lipinski definition) is 4. The lowest BCUT2D eigenvalue weighted by Gasteiger charge is -2.21. The monoisotopic (exact) mass is 565 g/mol. The van der Waals surface area contributed by atoms with Crippen LogP contribution in [-0.4, -0.2) is 15.0 Å². The van der Waals surface area contributed by atoms with Crippen LogP contribution in [0.15, 0.2) is 132 Å². The molecule has 2 aromatic heterocycles. The third-order valence-corrected chi connectivity index (χ3v) is 9.12. The van der Waals surface area contributed by atoms with E-state index >= 15 is 0 Å². The zero-order chi connectivity index (χ0) is 29.4. The van der Waals surface area contributed by atoms with Crippen LogP contribution in [0.3, 0.4) is 0 Å². The van der Waals surface area contributed by atoms with E-state index in [9.17, 15) is 0 Å². The summed E-state index contributed by atoms with van der Waals surface area (Å²) >= 11 is 0. The maximum absolute atomic E-state index is 6.56. The molecule has 0 fully saturated rings. The molecule has 0 atom stereocenters. The molecule has 208 valence electrons. The van der Waals surface area contributed by atoms with Crippen molar-refractivity contribution in [2.45, 2.75) is 19.3 Å². The van der Waals surface area contributed by atoms with Crippen LogP contribution in [0.5, 0.6) is 0 Å². The van der Waals surface area contributed by atoms with Crippen LogP contribution in [0.1, 0.15) is 25.0 Å². The van der Waals surface area contributed by atoms with Crippen molar-refractivity contribution >= 4 is 32.7 Å². The lowest BCUT2D eigenvalue weighted by atomic mass is 9.82. The minimum atomic E-state index is -0.122. The Bertz CT molecular complexity index is 2420. The van der Waals surface area contributed by atoms with Gasteiger partial charge in [0, 0.05) is 27.3 Å². The van der Waals surface area contributed by atoms with Gasteiger partial charge in [-0.15, -0.1) is 0 Å². The summed E-state index contributed by atoms with van der Waals surface area (Å²) in [6.07, 6.45) is 0. The molecule has 0 amide bonds. The summed E-state index contributed by atoms with van der Waals surface area (Å²) in [5.74, 6) is 1.86. The normalized spacial score (nSPS) is 13.4. The summed E-state index contributed by atoms with van der Waals surface area (Å²) in [4.78, 5) is 15.2. The summed E-state index contributed by atoms with van der Waals surface area (Å²) in [5.41, 5.74) is 9.45. The van der Waals surface area contributed by atoms with Crippen molar-refractivity contribution in [3.8, 4) is 45.3 Å². The smallest absolute Gasteiger partial charge is 0.167 e. The van der Waals surface area contributed by atoms with Gasteiger partial charge in [-0.2, -0.15) is 0 Å². The number of para-hydroxylation sites is 1. The van der Waals surface area contributed by atoms with Gasteiger partial charge in [-0.3, -0.25) is 0 Å². The van der Waals surface area contributed by atoms with E-state index in [0.717, 1.165) is 44.0 Å². The van der Waals surface area contributed by atoms with Crippen LogP contribution >= 0.6 is 0 Å². The molecule has 4 nitrogen and oxygen atoms in total. The highest BCUT2D eigenvalue weighted by Gasteiger charge is 2.35.